The Morgan fingerprint density at radius 2 is 1.73 bits per heavy atom. The third-order valence-electron chi connectivity index (χ3n) is 5.37. The molecular formula is C23H21N3. The average Bonchev–Trinajstić information content (AvgIpc) is 3.06. The number of fused-ring (bicyclic) bond motifs is 8. The number of aryl methyl sites for hydroxylation is 1. The molecule has 0 N–H and O–H groups in total. The van der Waals surface area contributed by atoms with Crippen LogP contribution in [0, 0.1) is 0 Å². The number of para-hydroxylation sites is 1. The van der Waals surface area contributed by atoms with Crippen molar-refractivity contribution in [2.75, 3.05) is 0 Å². The van der Waals surface area contributed by atoms with E-state index in [9.17, 15) is 0 Å². The molecule has 0 amide bonds. The SMILES string of the molecule is CCc1cccc2c3cccc(C(C)C)c3n3c4ncccc4nc3c12. The summed E-state index contributed by atoms with van der Waals surface area (Å²) in [6, 6.07) is 17.3. The van der Waals surface area contributed by atoms with E-state index in [-0.39, 0.29) is 0 Å². The molecule has 0 atom stereocenters. The Morgan fingerprint density at radius 3 is 2.54 bits per heavy atom. The van der Waals surface area contributed by atoms with E-state index in [4.69, 9.17) is 4.98 Å². The molecule has 2 aromatic carbocycles. The molecule has 0 saturated carbocycles. The van der Waals surface area contributed by atoms with Gasteiger partial charge in [-0.25, -0.2) is 9.97 Å². The van der Waals surface area contributed by atoms with E-state index >= 15 is 0 Å². The highest BCUT2D eigenvalue weighted by Gasteiger charge is 2.18. The summed E-state index contributed by atoms with van der Waals surface area (Å²) in [6.45, 7) is 6.71. The van der Waals surface area contributed by atoms with E-state index in [0.717, 1.165) is 23.2 Å². The second-order valence-electron chi connectivity index (χ2n) is 7.21. The summed E-state index contributed by atoms with van der Waals surface area (Å²) >= 11 is 0. The number of hydrogen-bond acceptors (Lipinski definition) is 2. The van der Waals surface area contributed by atoms with Crippen LogP contribution in [0.4, 0.5) is 0 Å². The molecule has 0 bridgehead atoms. The Bertz CT molecular complexity index is 1300. The van der Waals surface area contributed by atoms with Gasteiger partial charge in [0.05, 0.1) is 5.52 Å². The van der Waals surface area contributed by atoms with E-state index in [1.807, 2.05) is 12.3 Å². The van der Waals surface area contributed by atoms with Gasteiger partial charge in [0, 0.05) is 17.0 Å². The third-order valence-corrected chi connectivity index (χ3v) is 5.37. The molecule has 0 aliphatic rings. The minimum Gasteiger partial charge on any atom is -0.276 e. The fourth-order valence-electron chi connectivity index (χ4n) is 4.17. The second-order valence-corrected chi connectivity index (χ2v) is 7.21. The molecule has 0 aliphatic carbocycles. The van der Waals surface area contributed by atoms with Crippen molar-refractivity contribution in [1.29, 1.82) is 0 Å². The van der Waals surface area contributed by atoms with Gasteiger partial charge in [-0.05, 0) is 41.0 Å². The molecule has 3 nitrogen and oxygen atoms in total. The summed E-state index contributed by atoms with van der Waals surface area (Å²) in [7, 11) is 0. The fraction of sp³-hybridized carbons (Fsp3) is 0.217. The maximum Gasteiger partial charge on any atom is 0.164 e. The lowest BCUT2D eigenvalue weighted by atomic mass is 9.95. The molecule has 0 aliphatic heterocycles. The zero-order valence-corrected chi connectivity index (χ0v) is 15.3. The molecule has 26 heavy (non-hydrogen) atoms. The minimum absolute atomic E-state index is 0.426. The zero-order valence-electron chi connectivity index (χ0n) is 15.3. The fourth-order valence-corrected chi connectivity index (χ4v) is 4.17. The Hall–Kier alpha value is -2.94. The molecule has 0 fully saturated rings. The van der Waals surface area contributed by atoms with Gasteiger partial charge >= 0.3 is 0 Å². The molecule has 0 saturated heterocycles. The lowest BCUT2D eigenvalue weighted by Crippen LogP contribution is -2.00. The third kappa shape index (κ3) is 1.94. The van der Waals surface area contributed by atoms with Crippen LogP contribution in [0.5, 0.6) is 0 Å². The van der Waals surface area contributed by atoms with Crippen molar-refractivity contribution in [3.8, 4) is 0 Å². The highest BCUT2D eigenvalue weighted by atomic mass is 15.1. The van der Waals surface area contributed by atoms with Crippen molar-refractivity contribution in [3.63, 3.8) is 0 Å². The van der Waals surface area contributed by atoms with Crippen LogP contribution in [0.2, 0.25) is 0 Å². The highest BCUT2D eigenvalue weighted by molar-refractivity contribution is 6.15. The van der Waals surface area contributed by atoms with Crippen molar-refractivity contribution in [2.45, 2.75) is 33.1 Å². The quantitative estimate of drug-likeness (QED) is 0.376. The summed E-state index contributed by atoms with van der Waals surface area (Å²) in [6.07, 6.45) is 2.84. The number of rotatable bonds is 2. The van der Waals surface area contributed by atoms with Gasteiger partial charge in [-0.1, -0.05) is 57.2 Å². The van der Waals surface area contributed by atoms with E-state index in [0.29, 0.717) is 5.92 Å². The van der Waals surface area contributed by atoms with Crippen molar-refractivity contribution >= 4 is 38.5 Å². The van der Waals surface area contributed by atoms with Crippen LogP contribution in [0.1, 0.15) is 37.8 Å². The van der Waals surface area contributed by atoms with Crippen molar-refractivity contribution in [3.05, 3.63) is 65.9 Å². The van der Waals surface area contributed by atoms with Gasteiger partial charge in [0.15, 0.2) is 5.65 Å². The van der Waals surface area contributed by atoms with Crippen LogP contribution in [-0.4, -0.2) is 14.4 Å². The smallest absolute Gasteiger partial charge is 0.164 e. The van der Waals surface area contributed by atoms with E-state index < -0.39 is 0 Å². The Kier molecular flexibility index (Phi) is 3.26. The van der Waals surface area contributed by atoms with Crippen LogP contribution in [-0.2, 0) is 6.42 Å². The van der Waals surface area contributed by atoms with Gasteiger partial charge in [-0.3, -0.25) is 4.40 Å². The molecule has 0 radical (unpaired) electrons. The van der Waals surface area contributed by atoms with Gasteiger partial charge in [0.1, 0.15) is 11.2 Å². The van der Waals surface area contributed by atoms with Gasteiger partial charge in [0.2, 0.25) is 0 Å². The van der Waals surface area contributed by atoms with Crippen LogP contribution in [0.15, 0.2) is 54.7 Å². The molecule has 5 rings (SSSR count). The summed E-state index contributed by atoms with van der Waals surface area (Å²) in [5, 5.41) is 3.81. The number of benzene rings is 2. The first-order valence-corrected chi connectivity index (χ1v) is 9.30. The predicted molar refractivity (Wildman–Crippen MR) is 109 cm³/mol. The van der Waals surface area contributed by atoms with E-state index in [2.05, 4.69) is 72.6 Å². The standard InChI is InChI=1S/C23H21N3/c1-4-15-8-5-10-17-18-11-6-9-16(14(2)3)21(18)26-22-19(12-7-13-24-22)25-23(26)20(15)17/h5-14H,4H2,1-3H3. The van der Waals surface area contributed by atoms with Gasteiger partial charge in [0.25, 0.3) is 0 Å². The first-order valence-electron chi connectivity index (χ1n) is 9.30. The van der Waals surface area contributed by atoms with E-state index in [1.165, 1.54) is 32.8 Å². The molecule has 3 aromatic heterocycles. The number of nitrogens with zero attached hydrogens (tertiary/aromatic N) is 3. The molecule has 5 aromatic rings. The summed E-state index contributed by atoms with van der Waals surface area (Å²) in [4.78, 5) is 9.69. The maximum atomic E-state index is 5.00. The number of hydrogen-bond donors (Lipinski definition) is 0. The molecule has 0 spiro atoms. The number of pyridine rings is 2. The van der Waals surface area contributed by atoms with Crippen molar-refractivity contribution in [1.82, 2.24) is 14.4 Å². The average molecular weight is 339 g/mol. The Morgan fingerprint density at radius 1 is 0.923 bits per heavy atom. The summed E-state index contributed by atoms with van der Waals surface area (Å²) in [5.41, 5.74) is 6.81. The normalized spacial score (nSPS) is 12.2. The largest absolute Gasteiger partial charge is 0.276 e. The first kappa shape index (κ1) is 15.3. The monoisotopic (exact) mass is 339 g/mol. The van der Waals surface area contributed by atoms with Crippen molar-refractivity contribution < 1.29 is 0 Å². The molecule has 0 unspecified atom stereocenters. The lowest BCUT2D eigenvalue weighted by molar-refractivity contribution is 0.871. The highest BCUT2D eigenvalue weighted by Crippen LogP contribution is 2.36. The summed E-state index contributed by atoms with van der Waals surface area (Å²) < 4.78 is 2.28. The van der Waals surface area contributed by atoms with Crippen LogP contribution >= 0.6 is 0 Å². The summed E-state index contributed by atoms with van der Waals surface area (Å²) in [5.74, 6) is 0.426. The number of aromatic nitrogens is 3. The van der Waals surface area contributed by atoms with Crippen molar-refractivity contribution in [2.24, 2.45) is 0 Å². The first-order chi connectivity index (χ1) is 12.7. The lowest BCUT2D eigenvalue weighted by Gasteiger charge is -2.16. The zero-order chi connectivity index (χ0) is 17.8. The van der Waals surface area contributed by atoms with E-state index in [1.54, 1.807) is 0 Å². The topological polar surface area (TPSA) is 30.2 Å². The number of imidazole rings is 1. The second kappa shape index (κ2) is 5.53. The van der Waals surface area contributed by atoms with Gasteiger partial charge in [-0.15, -0.1) is 0 Å². The van der Waals surface area contributed by atoms with Crippen LogP contribution < -0.4 is 0 Å². The van der Waals surface area contributed by atoms with Gasteiger partial charge in [-0.2, -0.15) is 0 Å². The molecule has 3 heterocycles. The molecular weight excluding hydrogens is 318 g/mol. The Balaban J connectivity index is 2.21. The molecule has 128 valence electrons. The molecule has 3 heteroatoms. The van der Waals surface area contributed by atoms with Crippen LogP contribution in [0.3, 0.4) is 0 Å². The van der Waals surface area contributed by atoms with Gasteiger partial charge < -0.3 is 0 Å². The minimum atomic E-state index is 0.426. The van der Waals surface area contributed by atoms with Crippen LogP contribution in [0.25, 0.3) is 38.5 Å². The maximum absolute atomic E-state index is 5.00. The Labute approximate surface area is 152 Å². The predicted octanol–water partition coefficient (Wildman–Crippen LogP) is 5.87.